The Morgan fingerprint density at radius 1 is 0.952 bits per heavy atom. The summed E-state index contributed by atoms with van der Waals surface area (Å²) in [6, 6.07) is 13.3. The van der Waals surface area contributed by atoms with E-state index in [9.17, 15) is 9.59 Å². The smallest absolute Gasteiger partial charge is 0.336 e. The molecule has 0 aliphatic carbocycles. The Morgan fingerprint density at radius 3 is 2.24 bits per heavy atom. The molecule has 108 valence electrons. The Balaban J connectivity index is 2.03. The van der Waals surface area contributed by atoms with Crippen LogP contribution in [0.3, 0.4) is 0 Å². The molecule has 0 saturated heterocycles. The van der Waals surface area contributed by atoms with Crippen molar-refractivity contribution in [1.82, 2.24) is 0 Å². The highest BCUT2D eigenvalue weighted by Crippen LogP contribution is 2.16. The zero-order valence-electron chi connectivity index (χ0n) is 11.2. The van der Waals surface area contributed by atoms with Gasteiger partial charge in [-0.05, 0) is 23.8 Å². The van der Waals surface area contributed by atoms with Gasteiger partial charge in [-0.1, -0.05) is 30.3 Å². The van der Waals surface area contributed by atoms with E-state index in [2.05, 4.69) is 0 Å². The maximum absolute atomic E-state index is 11.1. The van der Waals surface area contributed by atoms with Crippen molar-refractivity contribution < 1.29 is 24.5 Å². The van der Waals surface area contributed by atoms with Crippen molar-refractivity contribution in [3.05, 3.63) is 65.2 Å². The molecular weight excluding hydrogens is 272 g/mol. The number of ether oxygens (including phenoxy) is 1. The van der Waals surface area contributed by atoms with E-state index in [1.165, 1.54) is 6.07 Å². The van der Waals surface area contributed by atoms with Crippen LogP contribution in [0.5, 0.6) is 5.75 Å². The van der Waals surface area contributed by atoms with Gasteiger partial charge in [0.15, 0.2) is 0 Å². The molecular formula is C16H14O5. The minimum atomic E-state index is -0.994. The minimum absolute atomic E-state index is 0.0396. The van der Waals surface area contributed by atoms with Gasteiger partial charge in [-0.2, -0.15) is 0 Å². The molecule has 2 aromatic carbocycles. The number of carboxylic acids is 2. The van der Waals surface area contributed by atoms with Crippen LogP contribution >= 0.6 is 0 Å². The van der Waals surface area contributed by atoms with Crippen LogP contribution in [0.15, 0.2) is 48.5 Å². The summed E-state index contributed by atoms with van der Waals surface area (Å²) < 4.78 is 5.53. The Kier molecular flexibility index (Phi) is 4.56. The number of carboxylic acid groups (broad SMARTS) is 2. The second kappa shape index (κ2) is 6.56. The number of rotatable bonds is 6. The highest BCUT2D eigenvalue weighted by atomic mass is 16.5. The van der Waals surface area contributed by atoms with Crippen molar-refractivity contribution in [3.8, 4) is 5.75 Å². The van der Waals surface area contributed by atoms with E-state index in [0.29, 0.717) is 16.9 Å². The number of hydrogen-bond donors (Lipinski definition) is 2. The normalized spacial score (nSPS) is 10.1. The quantitative estimate of drug-likeness (QED) is 0.852. The molecule has 2 rings (SSSR count). The summed E-state index contributed by atoms with van der Waals surface area (Å²) in [4.78, 5) is 21.6. The summed E-state index contributed by atoms with van der Waals surface area (Å²) in [5.74, 6) is -1.32. The fourth-order valence-electron chi connectivity index (χ4n) is 1.89. The van der Waals surface area contributed by atoms with Crippen molar-refractivity contribution in [2.24, 2.45) is 0 Å². The number of aliphatic carboxylic acids is 1. The summed E-state index contributed by atoms with van der Waals surface area (Å²) in [5.41, 5.74) is 1.47. The first-order chi connectivity index (χ1) is 10.1. The zero-order chi connectivity index (χ0) is 15.2. The maximum atomic E-state index is 11.1. The van der Waals surface area contributed by atoms with Gasteiger partial charge >= 0.3 is 11.9 Å². The number of carbonyl (C=O) groups is 2. The van der Waals surface area contributed by atoms with E-state index in [1.54, 1.807) is 42.5 Å². The minimum Gasteiger partial charge on any atom is -0.489 e. The van der Waals surface area contributed by atoms with Crippen LogP contribution in [0.2, 0.25) is 0 Å². The van der Waals surface area contributed by atoms with E-state index < -0.39 is 11.9 Å². The second-order valence-electron chi connectivity index (χ2n) is 4.47. The van der Waals surface area contributed by atoms with Crippen LogP contribution in [0.25, 0.3) is 0 Å². The first-order valence-corrected chi connectivity index (χ1v) is 6.31. The van der Waals surface area contributed by atoms with Crippen LogP contribution in [0, 0.1) is 0 Å². The second-order valence-corrected chi connectivity index (χ2v) is 4.47. The predicted molar refractivity (Wildman–Crippen MR) is 75.5 cm³/mol. The van der Waals surface area contributed by atoms with E-state index in [1.807, 2.05) is 0 Å². The van der Waals surface area contributed by atoms with Crippen molar-refractivity contribution in [2.75, 3.05) is 0 Å². The van der Waals surface area contributed by atoms with Crippen molar-refractivity contribution in [1.29, 1.82) is 0 Å². The molecule has 2 aromatic rings. The summed E-state index contributed by atoms with van der Waals surface area (Å²) in [5, 5.41) is 17.8. The topological polar surface area (TPSA) is 83.8 Å². The van der Waals surface area contributed by atoms with Gasteiger partial charge in [-0.15, -0.1) is 0 Å². The molecule has 0 amide bonds. The van der Waals surface area contributed by atoms with Gasteiger partial charge in [0, 0.05) is 5.56 Å². The molecule has 0 unspecified atom stereocenters. The Morgan fingerprint density at radius 2 is 1.62 bits per heavy atom. The fourth-order valence-corrected chi connectivity index (χ4v) is 1.89. The lowest BCUT2D eigenvalue weighted by molar-refractivity contribution is -0.136. The van der Waals surface area contributed by atoms with Crippen molar-refractivity contribution >= 4 is 11.9 Å². The first-order valence-electron chi connectivity index (χ1n) is 6.31. The summed E-state index contributed by atoms with van der Waals surface area (Å²) >= 11 is 0. The van der Waals surface area contributed by atoms with E-state index in [4.69, 9.17) is 14.9 Å². The molecule has 0 aliphatic rings. The molecule has 0 radical (unpaired) electrons. The molecule has 0 heterocycles. The fraction of sp³-hybridized carbons (Fsp3) is 0.125. The lowest BCUT2D eigenvalue weighted by atomic mass is 10.1. The van der Waals surface area contributed by atoms with E-state index in [0.717, 1.165) is 0 Å². The molecule has 21 heavy (non-hydrogen) atoms. The lowest BCUT2D eigenvalue weighted by Gasteiger charge is -2.09. The molecule has 0 spiro atoms. The number of hydrogen-bond acceptors (Lipinski definition) is 3. The third-order valence-electron chi connectivity index (χ3n) is 2.92. The standard InChI is InChI=1S/C16H14O5/c17-15(18)9-11-5-7-13(8-6-11)21-10-12-3-1-2-4-14(12)16(19)20/h1-8H,9-10H2,(H,17,18)(H,19,20). The average Bonchev–Trinajstić information content (AvgIpc) is 2.46. The highest BCUT2D eigenvalue weighted by Gasteiger charge is 2.09. The number of aromatic carboxylic acids is 1. The molecule has 5 heteroatoms. The summed E-state index contributed by atoms with van der Waals surface area (Å²) in [6.07, 6.45) is -0.0396. The van der Waals surface area contributed by atoms with Gasteiger partial charge in [-0.25, -0.2) is 4.79 Å². The van der Waals surface area contributed by atoms with E-state index in [-0.39, 0.29) is 18.6 Å². The molecule has 5 nitrogen and oxygen atoms in total. The van der Waals surface area contributed by atoms with Crippen molar-refractivity contribution in [3.63, 3.8) is 0 Å². The van der Waals surface area contributed by atoms with E-state index >= 15 is 0 Å². The Bertz CT molecular complexity index is 646. The lowest BCUT2D eigenvalue weighted by Crippen LogP contribution is -2.05. The third kappa shape index (κ3) is 4.07. The molecule has 2 N–H and O–H groups in total. The predicted octanol–water partition coefficient (Wildman–Crippen LogP) is 2.59. The molecule has 0 saturated carbocycles. The Labute approximate surface area is 121 Å². The molecule has 0 aromatic heterocycles. The highest BCUT2D eigenvalue weighted by molar-refractivity contribution is 5.89. The van der Waals surface area contributed by atoms with Gasteiger partial charge in [0.1, 0.15) is 12.4 Å². The van der Waals surface area contributed by atoms with Gasteiger partial charge in [0.25, 0.3) is 0 Å². The van der Waals surface area contributed by atoms with Crippen LogP contribution in [-0.4, -0.2) is 22.2 Å². The van der Waals surface area contributed by atoms with Gasteiger partial charge in [0.2, 0.25) is 0 Å². The van der Waals surface area contributed by atoms with Crippen LogP contribution < -0.4 is 4.74 Å². The number of benzene rings is 2. The van der Waals surface area contributed by atoms with Crippen molar-refractivity contribution in [2.45, 2.75) is 13.0 Å². The average molecular weight is 286 g/mol. The molecule has 0 fully saturated rings. The monoisotopic (exact) mass is 286 g/mol. The SMILES string of the molecule is O=C(O)Cc1ccc(OCc2ccccc2C(=O)O)cc1. The van der Waals surface area contributed by atoms with Gasteiger partial charge in [-0.3, -0.25) is 4.79 Å². The maximum Gasteiger partial charge on any atom is 0.336 e. The van der Waals surface area contributed by atoms with Gasteiger partial charge in [0.05, 0.1) is 12.0 Å². The summed E-state index contributed by atoms with van der Waals surface area (Å²) in [6.45, 7) is 0.140. The largest absolute Gasteiger partial charge is 0.489 e. The van der Waals surface area contributed by atoms with Crippen LogP contribution in [0.4, 0.5) is 0 Å². The van der Waals surface area contributed by atoms with Gasteiger partial charge < -0.3 is 14.9 Å². The molecule has 0 bridgehead atoms. The third-order valence-corrected chi connectivity index (χ3v) is 2.92. The zero-order valence-corrected chi connectivity index (χ0v) is 11.2. The first kappa shape index (κ1) is 14.6. The molecule has 0 atom stereocenters. The Hall–Kier alpha value is -2.82. The molecule has 0 aliphatic heterocycles. The van der Waals surface area contributed by atoms with Crippen LogP contribution in [-0.2, 0) is 17.8 Å². The summed E-state index contributed by atoms with van der Waals surface area (Å²) in [7, 11) is 0. The van der Waals surface area contributed by atoms with Crippen LogP contribution in [0.1, 0.15) is 21.5 Å².